The summed E-state index contributed by atoms with van der Waals surface area (Å²) in [5.74, 6) is -1.09. The fourth-order valence-electron chi connectivity index (χ4n) is 2.63. The van der Waals surface area contributed by atoms with E-state index in [0.717, 1.165) is 31.4 Å². The lowest BCUT2D eigenvalue weighted by atomic mass is 9.86. The fraction of sp³-hybridized carbons (Fsp3) is 0.500. The summed E-state index contributed by atoms with van der Waals surface area (Å²) in [5.41, 5.74) is 0.0670. The molecular weight excluding hydrogens is 295 g/mol. The third kappa shape index (κ3) is 3.59. The molecule has 0 aromatic heterocycles. The zero-order valence-electron chi connectivity index (χ0n) is 11.4. The van der Waals surface area contributed by atoms with Crippen LogP contribution in [-0.4, -0.2) is 26.2 Å². The number of hydrogen-bond donors (Lipinski definition) is 2. The second-order valence-electron chi connectivity index (χ2n) is 5.21. The van der Waals surface area contributed by atoms with Crippen molar-refractivity contribution in [3.05, 3.63) is 29.6 Å². The van der Waals surface area contributed by atoms with Crippen LogP contribution in [0.15, 0.2) is 23.1 Å². The number of halogens is 1. The van der Waals surface area contributed by atoms with Crippen LogP contribution in [0.5, 0.6) is 0 Å². The first-order valence-corrected chi connectivity index (χ1v) is 8.29. The smallest absolute Gasteiger partial charge is 0.243 e. The number of rotatable bonds is 4. The van der Waals surface area contributed by atoms with Crippen molar-refractivity contribution < 1.29 is 17.9 Å². The number of nitrogens with one attached hydrogen (secondary N) is 1. The second kappa shape index (κ2) is 6.52. The van der Waals surface area contributed by atoms with Crippen molar-refractivity contribution in [2.24, 2.45) is 5.92 Å². The molecule has 0 radical (unpaired) electrons. The van der Waals surface area contributed by atoms with E-state index in [1.54, 1.807) is 6.07 Å². The van der Waals surface area contributed by atoms with Gasteiger partial charge in [0.2, 0.25) is 10.0 Å². The molecule has 5 nitrogen and oxygen atoms in total. The van der Waals surface area contributed by atoms with Gasteiger partial charge in [-0.1, -0.05) is 12.8 Å². The molecule has 21 heavy (non-hydrogen) atoms. The van der Waals surface area contributed by atoms with Crippen LogP contribution in [0.2, 0.25) is 0 Å². The molecule has 1 aliphatic rings. The van der Waals surface area contributed by atoms with E-state index in [0.29, 0.717) is 6.42 Å². The number of nitrogens with zero attached hydrogens (tertiary/aromatic N) is 1. The molecule has 1 aromatic carbocycles. The molecular formula is C14H17FN2O3S. The lowest BCUT2D eigenvalue weighted by Crippen LogP contribution is -2.43. The van der Waals surface area contributed by atoms with Crippen LogP contribution < -0.4 is 4.72 Å². The summed E-state index contributed by atoms with van der Waals surface area (Å²) < 4.78 is 40.9. The molecule has 1 saturated carbocycles. The average molecular weight is 312 g/mol. The number of benzene rings is 1. The van der Waals surface area contributed by atoms with E-state index < -0.39 is 20.7 Å². The average Bonchev–Trinajstić information content (AvgIpc) is 2.47. The van der Waals surface area contributed by atoms with Crippen molar-refractivity contribution in [1.82, 2.24) is 4.72 Å². The predicted molar refractivity (Wildman–Crippen MR) is 74.3 cm³/mol. The van der Waals surface area contributed by atoms with Crippen molar-refractivity contribution >= 4 is 10.0 Å². The van der Waals surface area contributed by atoms with Crippen LogP contribution in [-0.2, 0) is 10.0 Å². The lowest BCUT2D eigenvalue weighted by molar-refractivity contribution is 0.164. The molecule has 0 spiro atoms. The van der Waals surface area contributed by atoms with Crippen molar-refractivity contribution in [3.63, 3.8) is 0 Å². The second-order valence-corrected chi connectivity index (χ2v) is 6.89. The summed E-state index contributed by atoms with van der Waals surface area (Å²) in [5, 5.41) is 18.0. The highest BCUT2D eigenvalue weighted by molar-refractivity contribution is 7.89. The van der Waals surface area contributed by atoms with Gasteiger partial charge in [-0.25, -0.2) is 17.5 Å². The van der Waals surface area contributed by atoms with E-state index in [-0.39, 0.29) is 24.1 Å². The Morgan fingerprint density at radius 1 is 1.38 bits per heavy atom. The Kier molecular flexibility index (Phi) is 4.93. The van der Waals surface area contributed by atoms with E-state index in [2.05, 4.69) is 4.72 Å². The standard InChI is InChI=1S/C14H17FN2O3S/c15-12-7-10(8-16)5-6-14(12)21(19,20)17-13-4-2-1-3-11(13)9-18/h5-7,11,13,17-18H,1-4,9H2. The van der Waals surface area contributed by atoms with E-state index in [1.807, 2.05) is 0 Å². The van der Waals surface area contributed by atoms with Gasteiger partial charge in [0.1, 0.15) is 10.7 Å². The van der Waals surface area contributed by atoms with Crippen molar-refractivity contribution in [1.29, 1.82) is 5.26 Å². The number of sulfonamides is 1. The number of hydrogen-bond acceptors (Lipinski definition) is 4. The van der Waals surface area contributed by atoms with E-state index in [1.165, 1.54) is 6.07 Å². The third-order valence-electron chi connectivity index (χ3n) is 3.80. The largest absolute Gasteiger partial charge is 0.396 e. The Morgan fingerprint density at radius 3 is 2.71 bits per heavy atom. The summed E-state index contributed by atoms with van der Waals surface area (Å²) in [6, 6.07) is 4.63. The molecule has 0 bridgehead atoms. The maximum Gasteiger partial charge on any atom is 0.243 e. The molecule has 0 aliphatic heterocycles. The molecule has 2 N–H and O–H groups in total. The summed E-state index contributed by atoms with van der Waals surface area (Å²) >= 11 is 0. The van der Waals surface area contributed by atoms with Crippen LogP contribution in [0.1, 0.15) is 31.2 Å². The Hall–Kier alpha value is -1.49. The topological polar surface area (TPSA) is 90.2 Å². The lowest BCUT2D eigenvalue weighted by Gasteiger charge is -2.30. The first-order chi connectivity index (χ1) is 9.97. The molecule has 2 unspecified atom stereocenters. The van der Waals surface area contributed by atoms with E-state index in [9.17, 15) is 17.9 Å². The van der Waals surface area contributed by atoms with Gasteiger partial charge in [-0.2, -0.15) is 5.26 Å². The van der Waals surface area contributed by atoms with Crippen LogP contribution in [0, 0.1) is 23.1 Å². The Labute approximate surface area is 123 Å². The van der Waals surface area contributed by atoms with Gasteiger partial charge in [-0.15, -0.1) is 0 Å². The summed E-state index contributed by atoms with van der Waals surface area (Å²) in [6.45, 7) is -0.0942. The highest BCUT2D eigenvalue weighted by Crippen LogP contribution is 2.26. The molecule has 7 heteroatoms. The van der Waals surface area contributed by atoms with Crippen molar-refractivity contribution in [3.8, 4) is 6.07 Å². The SMILES string of the molecule is N#Cc1ccc(S(=O)(=O)NC2CCCCC2CO)c(F)c1. The van der Waals surface area contributed by atoms with Gasteiger partial charge in [0.05, 0.1) is 11.6 Å². The zero-order valence-corrected chi connectivity index (χ0v) is 12.2. The molecule has 1 fully saturated rings. The molecule has 114 valence electrons. The number of nitriles is 1. The third-order valence-corrected chi connectivity index (χ3v) is 5.32. The maximum atomic E-state index is 13.8. The van der Waals surface area contributed by atoms with Gasteiger partial charge in [0.25, 0.3) is 0 Å². The van der Waals surface area contributed by atoms with Crippen molar-refractivity contribution in [2.45, 2.75) is 36.6 Å². The van der Waals surface area contributed by atoms with Gasteiger partial charge in [-0.05, 0) is 37.0 Å². The van der Waals surface area contributed by atoms with Gasteiger partial charge >= 0.3 is 0 Å². The van der Waals surface area contributed by atoms with Crippen LogP contribution >= 0.6 is 0 Å². The normalized spacial score (nSPS) is 22.7. The molecule has 0 heterocycles. The highest BCUT2D eigenvalue weighted by Gasteiger charge is 2.30. The quantitative estimate of drug-likeness (QED) is 0.882. The number of aliphatic hydroxyl groups is 1. The maximum absolute atomic E-state index is 13.8. The van der Waals surface area contributed by atoms with Gasteiger partial charge in [0, 0.05) is 12.6 Å². The summed E-state index contributed by atoms with van der Waals surface area (Å²) in [6.07, 6.45) is 3.20. The monoisotopic (exact) mass is 312 g/mol. The fourth-order valence-corrected chi connectivity index (χ4v) is 4.03. The van der Waals surface area contributed by atoms with E-state index >= 15 is 0 Å². The molecule has 2 atom stereocenters. The minimum Gasteiger partial charge on any atom is -0.396 e. The van der Waals surface area contributed by atoms with Crippen LogP contribution in [0.3, 0.4) is 0 Å². The van der Waals surface area contributed by atoms with Crippen molar-refractivity contribution in [2.75, 3.05) is 6.61 Å². The predicted octanol–water partition coefficient (Wildman–Crippen LogP) is 1.53. The summed E-state index contributed by atoms with van der Waals surface area (Å²) in [4.78, 5) is -0.469. The Morgan fingerprint density at radius 2 is 2.10 bits per heavy atom. The van der Waals surface area contributed by atoms with Gasteiger partial charge in [-0.3, -0.25) is 0 Å². The molecule has 2 rings (SSSR count). The van der Waals surface area contributed by atoms with Gasteiger partial charge in [0.15, 0.2) is 0 Å². The molecule has 1 aromatic rings. The zero-order chi connectivity index (χ0) is 15.5. The van der Waals surface area contributed by atoms with Gasteiger partial charge < -0.3 is 5.11 Å². The van der Waals surface area contributed by atoms with Crippen LogP contribution in [0.4, 0.5) is 4.39 Å². The summed E-state index contributed by atoms with van der Waals surface area (Å²) in [7, 11) is -4.00. The Balaban J connectivity index is 2.24. The first kappa shape index (κ1) is 15.9. The first-order valence-electron chi connectivity index (χ1n) is 6.81. The molecule has 0 saturated heterocycles. The van der Waals surface area contributed by atoms with Crippen LogP contribution in [0.25, 0.3) is 0 Å². The molecule has 0 amide bonds. The minimum absolute atomic E-state index is 0.0670. The molecule has 1 aliphatic carbocycles. The number of aliphatic hydroxyl groups excluding tert-OH is 1. The minimum atomic E-state index is -4.00. The Bertz CT molecular complexity index is 655. The van der Waals surface area contributed by atoms with E-state index in [4.69, 9.17) is 5.26 Å². The highest BCUT2D eigenvalue weighted by atomic mass is 32.2.